The molecule has 1 saturated carbocycles. The van der Waals surface area contributed by atoms with Gasteiger partial charge in [-0.3, -0.25) is 4.90 Å². The molecule has 2 rings (SSSR count). The van der Waals surface area contributed by atoms with Crippen LogP contribution in [0.25, 0.3) is 0 Å². The zero-order valence-corrected chi connectivity index (χ0v) is 13.8. The molecule has 0 bridgehead atoms. The van der Waals surface area contributed by atoms with E-state index in [1.54, 1.807) is 0 Å². The number of rotatable bonds is 5. The average molecular weight is 266 g/mol. The topological polar surface area (TPSA) is 6.48 Å². The van der Waals surface area contributed by atoms with Crippen LogP contribution in [-0.4, -0.2) is 48.6 Å². The predicted octanol–water partition coefficient (Wildman–Crippen LogP) is 3.62. The van der Waals surface area contributed by atoms with E-state index in [-0.39, 0.29) is 0 Å². The van der Waals surface area contributed by atoms with Crippen molar-refractivity contribution in [2.75, 3.05) is 26.7 Å². The molecule has 1 heterocycles. The Hall–Kier alpha value is -0.0800. The van der Waals surface area contributed by atoms with Gasteiger partial charge in [0.05, 0.1) is 0 Å². The minimum atomic E-state index is 0.584. The van der Waals surface area contributed by atoms with Gasteiger partial charge in [0.15, 0.2) is 0 Å². The van der Waals surface area contributed by atoms with Gasteiger partial charge in [0, 0.05) is 25.2 Å². The molecule has 0 amide bonds. The maximum atomic E-state index is 2.65. The van der Waals surface area contributed by atoms with E-state index < -0.39 is 0 Å². The summed E-state index contributed by atoms with van der Waals surface area (Å²) >= 11 is 0. The normalized spacial score (nSPS) is 31.7. The monoisotopic (exact) mass is 266 g/mol. The molecule has 2 aliphatic rings. The summed E-state index contributed by atoms with van der Waals surface area (Å²) in [4.78, 5) is 5.25. The van der Waals surface area contributed by atoms with Crippen molar-refractivity contribution < 1.29 is 0 Å². The zero-order valence-electron chi connectivity index (χ0n) is 13.8. The lowest BCUT2D eigenvalue weighted by Crippen LogP contribution is -2.58. The SMILES string of the molecule is CC1CCC(N(C)CCC2(C)CN(C(C)C)C2)CC1. The van der Waals surface area contributed by atoms with Crippen LogP contribution >= 0.6 is 0 Å². The summed E-state index contributed by atoms with van der Waals surface area (Å²) in [5.41, 5.74) is 0.584. The molecule has 1 aliphatic carbocycles. The van der Waals surface area contributed by atoms with Crippen molar-refractivity contribution in [2.24, 2.45) is 11.3 Å². The quantitative estimate of drug-likeness (QED) is 0.750. The maximum absolute atomic E-state index is 2.65. The van der Waals surface area contributed by atoms with Gasteiger partial charge in [0.1, 0.15) is 0 Å². The summed E-state index contributed by atoms with van der Waals surface area (Å²) in [6.45, 7) is 13.4. The van der Waals surface area contributed by atoms with E-state index in [0.717, 1.165) is 18.0 Å². The minimum Gasteiger partial charge on any atom is -0.303 e. The van der Waals surface area contributed by atoms with Crippen molar-refractivity contribution in [3.05, 3.63) is 0 Å². The molecule has 112 valence electrons. The van der Waals surface area contributed by atoms with Gasteiger partial charge in [-0.05, 0) is 70.9 Å². The smallest absolute Gasteiger partial charge is 0.00924 e. The second kappa shape index (κ2) is 6.13. The number of hydrogen-bond donors (Lipinski definition) is 0. The highest BCUT2D eigenvalue weighted by Crippen LogP contribution is 2.35. The summed E-state index contributed by atoms with van der Waals surface area (Å²) in [5, 5.41) is 0. The molecule has 2 nitrogen and oxygen atoms in total. The lowest BCUT2D eigenvalue weighted by atomic mass is 9.77. The van der Waals surface area contributed by atoms with E-state index >= 15 is 0 Å². The summed E-state index contributed by atoms with van der Waals surface area (Å²) < 4.78 is 0. The second-order valence-corrected chi connectivity index (χ2v) is 7.95. The van der Waals surface area contributed by atoms with Crippen LogP contribution in [0.3, 0.4) is 0 Å². The van der Waals surface area contributed by atoms with Crippen molar-refractivity contribution in [2.45, 2.75) is 71.9 Å². The summed E-state index contributed by atoms with van der Waals surface area (Å²) in [6.07, 6.45) is 7.10. The van der Waals surface area contributed by atoms with Gasteiger partial charge in [-0.15, -0.1) is 0 Å². The van der Waals surface area contributed by atoms with Crippen molar-refractivity contribution in [1.82, 2.24) is 9.80 Å². The fraction of sp³-hybridized carbons (Fsp3) is 1.00. The average Bonchev–Trinajstić information content (AvgIpc) is 2.33. The summed E-state index contributed by atoms with van der Waals surface area (Å²) in [5.74, 6) is 0.966. The van der Waals surface area contributed by atoms with Crippen LogP contribution in [0.15, 0.2) is 0 Å². The molecular formula is C17H34N2. The van der Waals surface area contributed by atoms with Crippen molar-refractivity contribution in [1.29, 1.82) is 0 Å². The minimum absolute atomic E-state index is 0.584. The molecule has 0 aromatic rings. The zero-order chi connectivity index (χ0) is 14.0. The van der Waals surface area contributed by atoms with Crippen molar-refractivity contribution >= 4 is 0 Å². The van der Waals surface area contributed by atoms with Gasteiger partial charge in [-0.2, -0.15) is 0 Å². The van der Waals surface area contributed by atoms with Gasteiger partial charge in [0.25, 0.3) is 0 Å². The Morgan fingerprint density at radius 1 is 1.16 bits per heavy atom. The lowest BCUT2D eigenvalue weighted by molar-refractivity contribution is -0.0216. The fourth-order valence-electron chi connectivity index (χ4n) is 3.77. The van der Waals surface area contributed by atoms with Crippen LogP contribution in [0, 0.1) is 11.3 Å². The molecule has 19 heavy (non-hydrogen) atoms. The molecule has 0 radical (unpaired) electrons. The van der Waals surface area contributed by atoms with Crippen LogP contribution in [0.4, 0.5) is 0 Å². The largest absolute Gasteiger partial charge is 0.303 e. The summed E-state index contributed by atoms with van der Waals surface area (Å²) in [7, 11) is 2.35. The van der Waals surface area contributed by atoms with E-state index in [0.29, 0.717) is 5.41 Å². The first-order chi connectivity index (χ1) is 8.89. The molecule has 0 spiro atoms. The van der Waals surface area contributed by atoms with Crippen molar-refractivity contribution in [3.8, 4) is 0 Å². The van der Waals surface area contributed by atoms with Crippen LogP contribution in [0.1, 0.15) is 59.8 Å². The van der Waals surface area contributed by atoms with E-state index in [1.807, 2.05) is 0 Å². The van der Waals surface area contributed by atoms with E-state index in [9.17, 15) is 0 Å². The Labute approximate surface area is 120 Å². The summed E-state index contributed by atoms with van der Waals surface area (Å²) in [6, 6.07) is 1.59. The van der Waals surface area contributed by atoms with Gasteiger partial charge in [-0.1, -0.05) is 13.8 Å². The standard InChI is InChI=1S/C17H34N2/c1-14(2)19-12-17(4,13-19)10-11-18(5)16-8-6-15(3)7-9-16/h14-16H,6-13H2,1-5H3. The Bertz CT molecular complexity index is 273. The molecule has 0 aromatic heterocycles. The Balaban J connectivity index is 1.68. The molecule has 0 atom stereocenters. The Morgan fingerprint density at radius 2 is 1.74 bits per heavy atom. The van der Waals surface area contributed by atoms with E-state index in [1.165, 1.54) is 51.7 Å². The number of hydrogen-bond acceptors (Lipinski definition) is 2. The first-order valence-corrected chi connectivity index (χ1v) is 8.34. The predicted molar refractivity (Wildman–Crippen MR) is 83.5 cm³/mol. The molecule has 0 unspecified atom stereocenters. The van der Waals surface area contributed by atoms with Gasteiger partial charge in [-0.25, -0.2) is 0 Å². The van der Waals surface area contributed by atoms with Gasteiger partial charge < -0.3 is 4.90 Å². The molecular weight excluding hydrogens is 232 g/mol. The third-order valence-electron chi connectivity index (χ3n) is 5.58. The van der Waals surface area contributed by atoms with Crippen molar-refractivity contribution in [3.63, 3.8) is 0 Å². The van der Waals surface area contributed by atoms with Crippen LogP contribution in [-0.2, 0) is 0 Å². The van der Waals surface area contributed by atoms with Gasteiger partial charge in [0.2, 0.25) is 0 Å². The number of likely N-dealkylation sites (tertiary alicyclic amines) is 1. The third kappa shape index (κ3) is 3.95. The van der Waals surface area contributed by atoms with Crippen LogP contribution in [0.5, 0.6) is 0 Å². The number of nitrogens with zero attached hydrogens (tertiary/aromatic N) is 2. The highest BCUT2D eigenvalue weighted by Gasteiger charge is 2.39. The van der Waals surface area contributed by atoms with E-state index in [2.05, 4.69) is 44.5 Å². The Kier molecular flexibility index (Phi) is 4.94. The lowest BCUT2D eigenvalue weighted by Gasteiger charge is -2.51. The highest BCUT2D eigenvalue weighted by molar-refractivity contribution is 4.93. The first-order valence-electron chi connectivity index (χ1n) is 8.34. The third-order valence-corrected chi connectivity index (χ3v) is 5.58. The van der Waals surface area contributed by atoms with Gasteiger partial charge >= 0.3 is 0 Å². The molecule has 0 aromatic carbocycles. The highest BCUT2D eigenvalue weighted by atomic mass is 15.2. The molecule has 2 heteroatoms. The molecule has 2 fully saturated rings. The maximum Gasteiger partial charge on any atom is 0.00924 e. The van der Waals surface area contributed by atoms with Crippen LogP contribution < -0.4 is 0 Å². The Morgan fingerprint density at radius 3 is 2.26 bits per heavy atom. The second-order valence-electron chi connectivity index (χ2n) is 7.95. The molecule has 1 saturated heterocycles. The fourth-order valence-corrected chi connectivity index (χ4v) is 3.77. The molecule has 1 aliphatic heterocycles. The van der Waals surface area contributed by atoms with Crippen LogP contribution in [0.2, 0.25) is 0 Å². The molecule has 0 N–H and O–H groups in total. The van der Waals surface area contributed by atoms with E-state index in [4.69, 9.17) is 0 Å². The first kappa shape index (κ1) is 15.3.